The Morgan fingerprint density at radius 3 is 2.27 bits per heavy atom. The molecule has 2 aromatic rings. The molecule has 1 atom stereocenters. The number of carbonyl (C=O) groups excluding carboxylic acids is 1. The van der Waals surface area contributed by atoms with Crippen LogP contribution in [0.2, 0.25) is 0 Å². The fourth-order valence-electron chi connectivity index (χ4n) is 2.69. The van der Waals surface area contributed by atoms with Crippen molar-refractivity contribution < 1.29 is 27.9 Å². The van der Waals surface area contributed by atoms with Crippen molar-refractivity contribution in [2.24, 2.45) is 0 Å². The number of alkyl halides is 2. The van der Waals surface area contributed by atoms with E-state index in [0.717, 1.165) is 17.7 Å². The number of amides is 1. The van der Waals surface area contributed by atoms with Gasteiger partial charge in [0.2, 0.25) is 0 Å². The number of hydrogen-bond acceptors (Lipinski definition) is 3. The highest BCUT2D eigenvalue weighted by molar-refractivity contribution is 5.93. The molecule has 0 heterocycles. The molecule has 0 aliphatic heterocycles. The van der Waals surface area contributed by atoms with Gasteiger partial charge in [-0.15, -0.1) is 0 Å². The molecule has 0 spiro atoms. The SMILES string of the molecule is CNC(=O)c1ccc(C[NH+](C)Cc2ccc(OC(F)F)c(OC)c2)cc1. The fraction of sp³-hybridized carbons (Fsp3) is 0.316. The van der Waals surface area contributed by atoms with E-state index in [4.69, 9.17) is 4.74 Å². The van der Waals surface area contributed by atoms with E-state index in [9.17, 15) is 13.6 Å². The number of halogens is 2. The third-order valence-electron chi connectivity index (χ3n) is 3.90. The van der Waals surface area contributed by atoms with Crippen molar-refractivity contribution in [3.8, 4) is 11.5 Å². The molecule has 2 rings (SSSR count). The summed E-state index contributed by atoms with van der Waals surface area (Å²) in [7, 11) is 5.05. The van der Waals surface area contributed by atoms with Crippen molar-refractivity contribution in [3.05, 3.63) is 59.2 Å². The lowest BCUT2D eigenvalue weighted by atomic mass is 10.1. The van der Waals surface area contributed by atoms with Crippen LogP contribution in [-0.4, -0.2) is 33.7 Å². The molecule has 0 saturated carbocycles. The molecule has 0 aliphatic carbocycles. The van der Waals surface area contributed by atoms with Crippen LogP contribution in [0.3, 0.4) is 0 Å². The van der Waals surface area contributed by atoms with E-state index in [2.05, 4.69) is 10.1 Å². The van der Waals surface area contributed by atoms with Crippen LogP contribution in [0.1, 0.15) is 21.5 Å². The number of benzene rings is 2. The number of quaternary nitrogens is 1. The lowest BCUT2D eigenvalue weighted by Crippen LogP contribution is -3.06. The Morgan fingerprint density at radius 2 is 1.69 bits per heavy atom. The van der Waals surface area contributed by atoms with Crippen molar-refractivity contribution >= 4 is 5.91 Å². The Morgan fingerprint density at radius 1 is 1.08 bits per heavy atom. The predicted octanol–water partition coefficient (Wildman–Crippen LogP) is 1.87. The smallest absolute Gasteiger partial charge is 0.387 e. The molecule has 1 amide bonds. The summed E-state index contributed by atoms with van der Waals surface area (Å²) in [4.78, 5) is 12.8. The topological polar surface area (TPSA) is 52.0 Å². The predicted molar refractivity (Wildman–Crippen MR) is 93.8 cm³/mol. The van der Waals surface area contributed by atoms with Crippen molar-refractivity contribution in [1.82, 2.24) is 5.32 Å². The summed E-state index contributed by atoms with van der Waals surface area (Å²) in [5.74, 6) is 0.190. The van der Waals surface area contributed by atoms with Crippen LogP contribution >= 0.6 is 0 Å². The van der Waals surface area contributed by atoms with Crippen LogP contribution in [0.5, 0.6) is 11.5 Å². The van der Waals surface area contributed by atoms with Gasteiger partial charge in [0, 0.05) is 23.7 Å². The van der Waals surface area contributed by atoms with Crippen LogP contribution < -0.4 is 19.7 Å². The normalized spacial score (nSPS) is 11.9. The van der Waals surface area contributed by atoms with Gasteiger partial charge < -0.3 is 19.7 Å². The summed E-state index contributed by atoms with van der Waals surface area (Å²) in [6.07, 6.45) is 0. The quantitative estimate of drug-likeness (QED) is 0.751. The molecule has 26 heavy (non-hydrogen) atoms. The molecule has 0 bridgehead atoms. The van der Waals surface area contributed by atoms with Crippen molar-refractivity contribution in [2.75, 3.05) is 21.2 Å². The summed E-state index contributed by atoms with van der Waals surface area (Å²) >= 11 is 0. The van der Waals surface area contributed by atoms with E-state index in [-0.39, 0.29) is 17.4 Å². The van der Waals surface area contributed by atoms with Gasteiger partial charge in [-0.1, -0.05) is 12.1 Å². The van der Waals surface area contributed by atoms with Crippen molar-refractivity contribution in [1.29, 1.82) is 0 Å². The number of carbonyl (C=O) groups is 1. The first-order valence-corrected chi connectivity index (χ1v) is 8.17. The minimum atomic E-state index is -2.89. The third kappa shape index (κ3) is 5.42. The van der Waals surface area contributed by atoms with Gasteiger partial charge in [-0.05, 0) is 30.3 Å². The summed E-state index contributed by atoms with van der Waals surface area (Å²) < 4.78 is 34.3. The van der Waals surface area contributed by atoms with Gasteiger partial charge in [0.15, 0.2) is 11.5 Å². The van der Waals surface area contributed by atoms with Gasteiger partial charge in [0.25, 0.3) is 5.91 Å². The van der Waals surface area contributed by atoms with Crippen LogP contribution in [0.15, 0.2) is 42.5 Å². The highest BCUT2D eigenvalue weighted by Gasteiger charge is 2.13. The summed E-state index contributed by atoms with van der Waals surface area (Å²) in [5, 5.41) is 2.59. The molecule has 0 fully saturated rings. The molecule has 2 aromatic carbocycles. The van der Waals surface area contributed by atoms with Crippen LogP contribution in [0.4, 0.5) is 8.78 Å². The Hall–Kier alpha value is -2.67. The standard InChI is InChI=1S/C19H22F2N2O3/c1-22-18(24)15-7-4-13(5-8-15)11-23(2)12-14-6-9-16(26-19(20)21)17(10-14)25-3/h4-10,19H,11-12H2,1-3H3,(H,22,24)/p+1. The number of nitrogens with one attached hydrogen (secondary N) is 2. The molecule has 1 unspecified atom stereocenters. The van der Waals surface area contributed by atoms with E-state index in [1.54, 1.807) is 31.3 Å². The minimum Gasteiger partial charge on any atom is -0.493 e. The zero-order valence-corrected chi connectivity index (χ0v) is 15.0. The molecule has 0 radical (unpaired) electrons. The second-order valence-corrected chi connectivity index (χ2v) is 5.95. The number of hydrogen-bond donors (Lipinski definition) is 2. The van der Waals surface area contributed by atoms with E-state index in [1.807, 2.05) is 19.2 Å². The number of methoxy groups -OCH3 is 1. The Bertz CT molecular complexity index is 736. The first-order valence-electron chi connectivity index (χ1n) is 8.17. The number of ether oxygens (including phenoxy) is 2. The maximum absolute atomic E-state index is 12.4. The molecule has 0 saturated heterocycles. The first kappa shape index (κ1) is 19.7. The van der Waals surface area contributed by atoms with Gasteiger partial charge in [-0.3, -0.25) is 4.79 Å². The molecule has 0 aromatic heterocycles. The highest BCUT2D eigenvalue weighted by Crippen LogP contribution is 2.29. The Labute approximate surface area is 151 Å². The van der Waals surface area contributed by atoms with E-state index in [1.165, 1.54) is 18.1 Å². The van der Waals surface area contributed by atoms with Crippen molar-refractivity contribution in [3.63, 3.8) is 0 Å². The summed E-state index contributed by atoms with van der Waals surface area (Å²) in [5.41, 5.74) is 2.66. The fourth-order valence-corrected chi connectivity index (χ4v) is 2.69. The molecule has 7 heteroatoms. The van der Waals surface area contributed by atoms with Crippen LogP contribution in [0, 0.1) is 0 Å². The monoisotopic (exact) mass is 365 g/mol. The summed E-state index contributed by atoms with van der Waals surface area (Å²) in [6.45, 7) is -1.45. The zero-order valence-electron chi connectivity index (χ0n) is 15.0. The molecular formula is C19H23F2N2O3+. The summed E-state index contributed by atoms with van der Waals surface area (Å²) in [6, 6.07) is 12.4. The highest BCUT2D eigenvalue weighted by atomic mass is 19.3. The van der Waals surface area contributed by atoms with E-state index in [0.29, 0.717) is 12.1 Å². The zero-order chi connectivity index (χ0) is 19.1. The molecule has 140 valence electrons. The van der Waals surface area contributed by atoms with Gasteiger partial charge in [0.1, 0.15) is 13.1 Å². The molecular weight excluding hydrogens is 342 g/mol. The number of rotatable bonds is 8. The van der Waals surface area contributed by atoms with E-state index < -0.39 is 6.61 Å². The largest absolute Gasteiger partial charge is 0.493 e. The second-order valence-electron chi connectivity index (χ2n) is 5.95. The first-order chi connectivity index (χ1) is 12.4. The maximum atomic E-state index is 12.4. The lowest BCUT2D eigenvalue weighted by molar-refractivity contribution is -0.907. The van der Waals surface area contributed by atoms with Gasteiger partial charge >= 0.3 is 6.61 Å². The third-order valence-corrected chi connectivity index (χ3v) is 3.90. The lowest BCUT2D eigenvalue weighted by Gasteiger charge is -2.16. The average molecular weight is 365 g/mol. The second kappa shape index (κ2) is 9.15. The molecule has 5 nitrogen and oxygen atoms in total. The van der Waals surface area contributed by atoms with Crippen molar-refractivity contribution in [2.45, 2.75) is 19.7 Å². The molecule has 0 aliphatic rings. The van der Waals surface area contributed by atoms with Crippen LogP contribution in [0.25, 0.3) is 0 Å². The van der Waals surface area contributed by atoms with Gasteiger partial charge in [0.05, 0.1) is 14.2 Å². The Balaban J connectivity index is 2.00. The Kier molecular flexibility index (Phi) is 6.91. The van der Waals surface area contributed by atoms with Crippen LogP contribution in [-0.2, 0) is 13.1 Å². The van der Waals surface area contributed by atoms with Gasteiger partial charge in [-0.2, -0.15) is 8.78 Å². The average Bonchev–Trinajstić information content (AvgIpc) is 2.62. The molecule has 2 N–H and O–H groups in total. The van der Waals surface area contributed by atoms with Gasteiger partial charge in [-0.25, -0.2) is 0 Å². The maximum Gasteiger partial charge on any atom is 0.387 e. The van der Waals surface area contributed by atoms with E-state index >= 15 is 0 Å². The minimum absolute atomic E-state index is 0.0219.